The van der Waals surface area contributed by atoms with Crippen molar-refractivity contribution in [2.45, 2.75) is 53.5 Å². The molecule has 0 bridgehead atoms. The van der Waals surface area contributed by atoms with Crippen molar-refractivity contribution < 1.29 is 4.74 Å². The predicted molar refractivity (Wildman–Crippen MR) is 69.4 cm³/mol. The van der Waals surface area contributed by atoms with Crippen molar-refractivity contribution in [1.82, 2.24) is 9.97 Å². The summed E-state index contributed by atoms with van der Waals surface area (Å²) < 4.78 is 0.971. The number of hydroxylamine groups is 1. The molecule has 0 unspecified atom stereocenters. The summed E-state index contributed by atoms with van der Waals surface area (Å²) in [7, 11) is 0. The maximum Gasteiger partial charge on any atom is 0.202 e. The number of hydrogen-bond donors (Lipinski definition) is 0. The molecule has 0 spiro atoms. The zero-order chi connectivity index (χ0) is 13.2. The number of nitrogens with zero attached hydrogens (tertiary/aromatic N) is 3. The van der Waals surface area contributed by atoms with Gasteiger partial charge in [-0.3, -0.25) is 4.98 Å². The second-order valence-corrected chi connectivity index (χ2v) is 4.99. The van der Waals surface area contributed by atoms with E-state index >= 15 is 0 Å². The van der Waals surface area contributed by atoms with E-state index in [2.05, 4.69) is 9.97 Å². The van der Waals surface area contributed by atoms with E-state index in [1.165, 1.54) is 6.21 Å². The molecule has 1 aromatic heterocycles. The average molecular weight is 235 g/mol. The van der Waals surface area contributed by atoms with Crippen LogP contribution in [0.25, 0.3) is 0 Å². The minimum Gasteiger partial charge on any atom is -0.623 e. The van der Waals surface area contributed by atoms with Gasteiger partial charge < -0.3 is 5.21 Å². The third-order valence-corrected chi connectivity index (χ3v) is 3.22. The van der Waals surface area contributed by atoms with Gasteiger partial charge in [0.1, 0.15) is 5.69 Å². The van der Waals surface area contributed by atoms with Crippen molar-refractivity contribution in [2.24, 2.45) is 0 Å². The first kappa shape index (κ1) is 13.6. The Morgan fingerprint density at radius 1 is 1.12 bits per heavy atom. The van der Waals surface area contributed by atoms with E-state index in [1.807, 2.05) is 41.5 Å². The monoisotopic (exact) mass is 235 g/mol. The van der Waals surface area contributed by atoms with E-state index in [0.29, 0.717) is 5.69 Å². The van der Waals surface area contributed by atoms with Gasteiger partial charge in [-0.05, 0) is 20.8 Å². The molecule has 0 saturated carbocycles. The molecular formula is C13H21N3O. The number of aryl methyl sites for hydroxylation is 3. The predicted octanol–water partition coefficient (Wildman–Crippen LogP) is 2.52. The van der Waals surface area contributed by atoms with E-state index < -0.39 is 5.54 Å². The van der Waals surface area contributed by atoms with Gasteiger partial charge in [0.25, 0.3) is 0 Å². The molecule has 4 nitrogen and oxygen atoms in total. The van der Waals surface area contributed by atoms with Gasteiger partial charge in [-0.1, -0.05) is 6.92 Å². The zero-order valence-corrected chi connectivity index (χ0v) is 11.5. The van der Waals surface area contributed by atoms with E-state index in [4.69, 9.17) is 0 Å². The van der Waals surface area contributed by atoms with Crippen molar-refractivity contribution in [2.75, 3.05) is 0 Å². The van der Waals surface area contributed by atoms with Crippen LogP contribution in [0.5, 0.6) is 0 Å². The van der Waals surface area contributed by atoms with Crippen LogP contribution in [0.1, 0.15) is 50.0 Å². The molecule has 0 aliphatic heterocycles. The fraction of sp³-hybridized carbons (Fsp3) is 0.615. The van der Waals surface area contributed by atoms with E-state index in [-0.39, 0.29) is 0 Å². The van der Waals surface area contributed by atoms with Crippen LogP contribution in [0.15, 0.2) is 0 Å². The quantitative estimate of drug-likeness (QED) is 0.350. The molecule has 1 rings (SSSR count). The first-order chi connectivity index (χ1) is 7.77. The average Bonchev–Trinajstić information content (AvgIpc) is 2.25. The molecule has 0 N–H and O–H groups in total. The summed E-state index contributed by atoms with van der Waals surface area (Å²) in [5.41, 5.74) is 2.81. The lowest BCUT2D eigenvalue weighted by Crippen LogP contribution is -2.32. The highest BCUT2D eigenvalue weighted by molar-refractivity contribution is 5.74. The third kappa shape index (κ3) is 3.02. The molecular weight excluding hydrogens is 214 g/mol. The first-order valence-electron chi connectivity index (χ1n) is 5.91. The van der Waals surface area contributed by atoms with E-state index in [9.17, 15) is 5.21 Å². The molecule has 0 aliphatic carbocycles. The Morgan fingerprint density at radius 3 is 2.18 bits per heavy atom. The fourth-order valence-electron chi connectivity index (χ4n) is 1.30. The van der Waals surface area contributed by atoms with Gasteiger partial charge in [0.05, 0.1) is 17.1 Å². The minimum atomic E-state index is -0.410. The second-order valence-electron chi connectivity index (χ2n) is 4.99. The summed E-state index contributed by atoms with van der Waals surface area (Å²) in [6.45, 7) is 11.5. The number of hydrogen-bond acceptors (Lipinski definition) is 3. The molecule has 0 radical (unpaired) electrons. The van der Waals surface area contributed by atoms with Crippen molar-refractivity contribution in [3.05, 3.63) is 28.0 Å². The second kappa shape index (κ2) is 4.82. The van der Waals surface area contributed by atoms with Crippen LogP contribution in [-0.2, 0) is 0 Å². The molecule has 1 aromatic rings. The smallest absolute Gasteiger partial charge is 0.202 e. The summed E-state index contributed by atoms with van der Waals surface area (Å²) >= 11 is 0. The first-order valence-corrected chi connectivity index (χ1v) is 5.91. The summed E-state index contributed by atoms with van der Waals surface area (Å²) in [5, 5.41) is 12.0. The van der Waals surface area contributed by atoms with Gasteiger partial charge in [0, 0.05) is 20.3 Å². The Labute approximate surface area is 103 Å². The van der Waals surface area contributed by atoms with Gasteiger partial charge in [0.2, 0.25) is 6.21 Å². The maximum absolute atomic E-state index is 12.0. The van der Waals surface area contributed by atoms with Crippen LogP contribution in [0.2, 0.25) is 0 Å². The standard InChI is InChI=1S/C13H21N3O/c1-7-13(5,6)16(17)8-12-11(4)14-9(2)10(3)15-12/h8H,7H2,1-6H3/b16-8+. The van der Waals surface area contributed by atoms with Crippen LogP contribution < -0.4 is 0 Å². The van der Waals surface area contributed by atoms with Crippen LogP contribution in [0.4, 0.5) is 0 Å². The largest absolute Gasteiger partial charge is 0.623 e. The van der Waals surface area contributed by atoms with Gasteiger partial charge in [-0.25, -0.2) is 9.72 Å². The maximum atomic E-state index is 12.0. The lowest BCUT2D eigenvalue weighted by molar-refractivity contribution is -0.536. The van der Waals surface area contributed by atoms with Crippen LogP contribution in [0.3, 0.4) is 0 Å². The van der Waals surface area contributed by atoms with Gasteiger partial charge >= 0.3 is 0 Å². The topological polar surface area (TPSA) is 51.9 Å². The Morgan fingerprint density at radius 2 is 1.65 bits per heavy atom. The summed E-state index contributed by atoms with van der Waals surface area (Å²) in [5.74, 6) is 0. The number of aromatic nitrogens is 2. The number of rotatable bonds is 3. The van der Waals surface area contributed by atoms with Crippen molar-refractivity contribution in [3.63, 3.8) is 0 Å². The van der Waals surface area contributed by atoms with Crippen molar-refractivity contribution >= 4 is 6.21 Å². The molecule has 0 fully saturated rings. The Bertz CT molecular complexity index is 450. The highest BCUT2D eigenvalue weighted by Gasteiger charge is 2.23. The molecule has 17 heavy (non-hydrogen) atoms. The van der Waals surface area contributed by atoms with Crippen LogP contribution >= 0.6 is 0 Å². The molecule has 4 heteroatoms. The van der Waals surface area contributed by atoms with Crippen molar-refractivity contribution in [1.29, 1.82) is 0 Å². The Hall–Kier alpha value is -1.45. The highest BCUT2D eigenvalue weighted by Crippen LogP contribution is 2.13. The summed E-state index contributed by atoms with van der Waals surface area (Å²) in [6, 6.07) is 0. The molecule has 94 valence electrons. The van der Waals surface area contributed by atoms with Gasteiger partial charge in [-0.15, -0.1) is 0 Å². The fourth-order valence-corrected chi connectivity index (χ4v) is 1.30. The summed E-state index contributed by atoms with van der Waals surface area (Å²) in [6.07, 6.45) is 2.32. The van der Waals surface area contributed by atoms with Gasteiger partial charge in [-0.2, -0.15) is 0 Å². The third-order valence-electron chi connectivity index (χ3n) is 3.22. The molecule has 0 aliphatic rings. The molecule has 1 heterocycles. The zero-order valence-electron chi connectivity index (χ0n) is 11.5. The molecule has 0 aromatic carbocycles. The highest BCUT2D eigenvalue weighted by atomic mass is 16.5. The lowest BCUT2D eigenvalue weighted by Gasteiger charge is -2.22. The summed E-state index contributed by atoms with van der Waals surface area (Å²) in [4.78, 5) is 8.78. The normalized spacial score (nSPS) is 12.9. The van der Waals surface area contributed by atoms with E-state index in [1.54, 1.807) is 0 Å². The van der Waals surface area contributed by atoms with Gasteiger partial charge in [0.15, 0.2) is 5.54 Å². The van der Waals surface area contributed by atoms with Crippen LogP contribution in [-0.4, -0.2) is 26.5 Å². The molecule has 0 amide bonds. The Kier molecular flexibility index (Phi) is 3.86. The lowest BCUT2D eigenvalue weighted by atomic mass is 10.0. The Balaban J connectivity index is 3.19. The van der Waals surface area contributed by atoms with Crippen molar-refractivity contribution in [3.8, 4) is 0 Å². The van der Waals surface area contributed by atoms with Crippen LogP contribution in [0, 0.1) is 26.0 Å². The SMILES string of the molecule is CCC(C)(C)/[N+]([O-])=C\c1nc(C)c(C)nc1C. The molecule has 0 saturated heterocycles. The molecule has 0 atom stereocenters. The minimum absolute atomic E-state index is 0.410. The van der Waals surface area contributed by atoms with E-state index in [0.717, 1.165) is 28.2 Å².